The Morgan fingerprint density at radius 3 is 2.75 bits per heavy atom. The van der Waals surface area contributed by atoms with Crippen molar-refractivity contribution in [1.29, 1.82) is 0 Å². The molecule has 16 heavy (non-hydrogen) atoms. The summed E-state index contributed by atoms with van der Waals surface area (Å²) in [5, 5.41) is 9.29. The van der Waals surface area contributed by atoms with Crippen LogP contribution in [0.15, 0.2) is 40.2 Å². The van der Waals surface area contributed by atoms with E-state index in [1.807, 2.05) is 0 Å². The highest BCUT2D eigenvalue weighted by molar-refractivity contribution is 7.98. The molecule has 2 heterocycles. The molecule has 5 nitrogen and oxygen atoms in total. The molecule has 0 amide bonds. The summed E-state index contributed by atoms with van der Waals surface area (Å²) in [6.07, 6.45) is 3.31. The van der Waals surface area contributed by atoms with Crippen molar-refractivity contribution in [1.82, 2.24) is 9.97 Å². The third-order valence-corrected chi connectivity index (χ3v) is 2.66. The van der Waals surface area contributed by atoms with E-state index in [4.69, 9.17) is 9.52 Å². The number of carbonyl (C=O) groups is 1. The normalized spacial score (nSPS) is 10.2. The predicted molar refractivity (Wildman–Crippen MR) is 57.3 cm³/mol. The van der Waals surface area contributed by atoms with Gasteiger partial charge >= 0.3 is 5.97 Å². The molecule has 2 rings (SSSR count). The molecular weight excluding hydrogens is 228 g/mol. The molecule has 0 atom stereocenters. The van der Waals surface area contributed by atoms with E-state index in [9.17, 15) is 4.79 Å². The topological polar surface area (TPSA) is 76.2 Å². The quantitative estimate of drug-likeness (QED) is 0.646. The van der Waals surface area contributed by atoms with Gasteiger partial charge in [-0.15, -0.1) is 0 Å². The van der Waals surface area contributed by atoms with Gasteiger partial charge in [0, 0.05) is 12.4 Å². The third kappa shape index (κ3) is 2.60. The minimum absolute atomic E-state index is 0.0513. The van der Waals surface area contributed by atoms with Crippen LogP contribution in [0.3, 0.4) is 0 Å². The SMILES string of the molecule is O=C(O)c1ccc(CSc2ncccn2)o1. The van der Waals surface area contributed by atoms with Crippen molar-refractivity contribution in [3.8, 4) is 0 Å². The number of aromatic carboxylic acids is 1. The molecule has 6 heteroatoms. The molecule has 0 fully saturated rings. The van der Waals surface area contributed by atoms with Gasteiger partial charge in [-0.2, -0.15) is 0 Å². The molecule has 0 saturated heterocycles. The Kier molecular flexibility index (Phi) is 3.21. The van der Waals surface area contributed by atoms with Crippen molar-refractivity contribution in [3.05, 3.63) is 42.1 Å². The number of carboxylic acids is 1. The fraction of sp³-hybridized carbons (Fsp3) is 0.100. The minimum Gasteiger partial charge on any atom is -0.475 e. The number of rotatable bonds is 4. The lowest BCUT2D eigenvalue weighted by Crippen LogP contribution is -1.91. The summed E-state index contributed by atoms with van der Waals surface area (Å²) in [7, 11) is 0. The summed E-state index contributed by atoms with van der Waals surface area (Å²) < 4.78 is 5.09. The molecule has 0 aliphatic rings. The van der Waals surface area contributed by atoms with Gasteiger partial charge in [-0.25, -0.2) is 14.8 Å². The molecule has 0 spiro atoms. The fourth-order valence-corrected chi connectivity index (χ4v) is 1.76. The average Bonchev–Trinajstić information content (AvgIpc) is 2.76. The summed E-state index contributed by atoms with van der Waals surface area (Å²) in [4.78, 5) is 18.6. The molecule has 0 radical (unpaired) electrons. The Morgan fingerprint density at radius 1 is 1.38 bits per heavy atom. The van der Waals surface area contributed by atoms with Gasteiger partial charge in [0.05, 0.1) is 5.75 Å². The molecule has 2 aromatic rings. The zero-order valence-corrected chi connectivity index (χ0v) is 8.98. The Labute approximate surface area is 95.5 Å². The van der Waals surface area contributed by atoms with E-state index in [0.29, 0.717) is 16.7 Å². The van der Waals surface area contributed by atoms with Crippen LogP contribution < -0.4 is 0 Å². The third-order valence-electron chi connectivity index (χ3n) is 1.76. The molecule has 2 aromatic heterocycles. The fourth-order valence-electron chi connectivity index (χ4n) is 1.07. The molecule has 1 N–H and O–H groups in total. The van der Waals surface area contributed by atoms with E-state index < -0.39 is 5.97 Å². The summed E-state index contributed by atoms with van der Waals surface area (Å²) in [5.41, 5.74) is 0. The van der Waals surface area contributed by atoms with E-state index in [1.165, 1.54) is 17.8 Å². The van der Waals surface area contributed by atoms with Crippen molar-refractivity contribution in [2.24, 2.45) is 0 Å². The minimum atomic E-state index is -1.06. The van der Waals surface area contributed by atoms with E-state index in [-0.39, 0.29) is 5.76 Å². The summed E-state index contributed by atoms with van der Waals surface area (Å²) in [6.45, 7) is 0. The molecule has 0 aromatic carbocycles. The second kappa shape index (κ2) is 4.80. The summed E-state index contributed by atoms with van der Waals surface area (Å²) >= 11 is 1.39. The number of aromatic nitrogens is 2. The average molecular weight is 236 g/mol. The monoisotopic (exact) mass is 236 g/mol. The number of furan rings is 1. The lowest BCUT2D eigenvalue weighted by atomic mass is 10.4. The van der Waals surface area contributed by atoms with Crippen LogP contribution in [0.5, 0.6) is 0 Å². The summed E-state index contributed by atoms with van der Waals surface area (Å²) in [5.74, 6) is -0.0104. The Balaban J connectivity index is 1.97. The first kappa shape index (κ1) is 10.7. The van der Waals surface area contributed by atoms with Crippen molar-refractivity contribution in [3.63, 3.8) is 0 Å². The predicted octanol–water partition coefficient (Wildman–Crippen LogP) is 2.06. The first-order valence-corrected chi connectivity index (χ1v) is 5.46. The second-order valence-corrected chi connectivity index (χ2v) is 3.83. The van der Waals surface area contributed by atoms with Gasteiger partial charge in [0.1, 0.15) is 5.76 Å². The Bertz CT molecular complexity index is 484. The first-order chi connectivity index (χ1) is 7.75. The maximum absolute atomic E-state index is 10.6. The van der Waals surface area contributed by atoms with Gasteiger partial charge in [0.15, 0.2) is 5.16 Å². The van der Waals surface area contributed by atoms with Crippen LogP contribution in [0.25, 0.3) is 0 Å². The van der Waals surface area contributed by atoms with Crippen molar-refractivity contribution in [2.75, 3.05) is 0 Å². The molecule has 0 unspecified atom stereocenters. The van der Waals surface area contributed by atoms with E-state index in [0.717, 1.165) is 0 Å². The Hall–Kier alpha value is -1.82. The van der Waals surface area contributed by atoms with Gasteiger partial charge in [0.25, 0.3) is 0 Å². The zero-order chi connectivity index (χ0) is 11.4. The maximum atomic E-state index is 10.6. The van der Waals surface area contributed by atoms with Gasteiger partial charge in [-0.05, 0) is 18.2 Å². The number of nitrogens with zero attached hydrogens (tertiary/aromatic N) is 2. The lowest BCUT2D eigenvalue weighted by Gasteiger charge is -1.95. The zero-order valence-electron chi connectivity index (χ0n) is 8.16. The highest BCUT2D eigenvalue weighted by atomic mass is 32.2. The number of hydrogen-bond donors (Lipinski definition) is 1. The number of carboxylic acid groups (broad SMARTS) is 1. The van der Waals surface area contributed by atoms with Gasteiger partial charge in [-0.3, -0.25) is 0 Å². The lowest BCUT2D eigenvalue weighted by molar-refractivity contribution is 0.0661. The maximum Gasteiger partial charge on any atom is 0.371 e. The molecule has 82 valence electrons. The van der Waals surface area contributed by atoms with Gasteiger partial charge < -0.3 is 9.52 Å². The molecule has 0 aliphatic carbocycles. The van der Waals surface area contributed by atoms with Crippen molar-refractivity contribution in [2.45, 2.75) is 10.9 Å². The summed E-state index contributed by atoms with van der Waals surface area (Å²) in [6, 6.07) is 4.81. The van der Waals surface area contributed by atoms with E-state index in [1.54, 1.807) is 24.5 Å². The standard InChI is InChI=1S/C10H8N2O3S/c13-9(14)8-3-2-7(15-8)6-16-10-11-4-1-5-12-10/h1-5H,6H2,(H,13,14). The van der Waals surface area contributed by atoms with Crippen molar-refractivity contribution >= 4 is 17.7 Å². The van der Waals surface area contributed by atoms with E-state index in [2.05, 4.69) is 9.97 Å². The first-order valence-electron chi connectivity index (χ1n) is 4.47. The molecule has 0 bridgehead atoms. The van der Waals surface area contributed by atoms with Crippen LogP contribution in [0.4, 0.5) is 0 Å². The van der Waals surface area contributed by atoms with Crippen LogP contribution in [0, 0.1) is 0 Å². The van der Waals surface area contributed by atoms with Crippen LogP contribution in [-0.2, 0) is 5.75 Å². The van der Waals surface area contributed by atoms with Crippen molar-refractivity contribution < 1.29 is 14.3 Å². The molecule has 0 saturated carbocycles. The largest absolute Gasteiger partial charge is 0.475 e. The second-order valence-electron chi connectivity index (χ2n) is 2.89. The van der Waals surface area contributed by atoms with E-state index >= 15 is 0 Å². The van der Waals surface area contributed by atoms with Crippen LogP contribution in [0.2, 0.25) is 0 Å². The Morgan fingerprint density at radius 2 is 2.12 bits per heavy atom. The number of hydrogen-bond acceptors (Lipinski definition) is 5. The molecular formula is C10H8N2O3S. The number of thioether (sulfide) groups is 1. The highest BCUT2D eigenvalue weighted by Crippen LogP contribution is 2.19. The van der Waals surface area contributed by atoms with Gasteiger partial charge in [-0.1, -0.05) is 11.8 Å². The van der Waals surface area contributed by atoms with Crippen LogP contribution in [0.1, 0.15) is 16.3 Å². The van der Waals surface area contributed by atoms with Crippen LogP contribution in [-0.4, -0.2) is 21.0 Å². The molecule has 0 aliphatic heterocycles. The van der Waals surface area contributed by atoms with Crippen LogP contribution >= 0.6 is 11.8 Å². The van der Waals surface area contributed by atoms with Gasteiger partial charge in [0.2, 0.25) is 5.76 Å². The smallest absolute Gasteiger partial charge is 0.371 e. The highest BCUT2D eigenvalue weighted by Gasteiger charge is 2.09.